The lowest BCUT2D eigenvalue weighted by molar-refractivity contribution is -0.130. The summed E-state index contributed by atoms with van der Waals surface area (Å²) in [5.74, 6) is -0.555. The van der Waals surface area contributed by atoms with Gasteiger partial charge in [0.15, 0.2) is 17.7 Å². The zero-order chi connectivity index (χ0) is 17.0. The molecule has 0 aliphatic carbocycles. The predicted octanol–water partition coefficient (Wildman–Crippen LogP) is 4.31. The summed E-state index contributed by atoms with van der Waals surface area (Å²) in [5, 5.41) is 3.02. The number of benzene rings is 1. The van der Waals surface area contributed by atoms with Crippen LogP contribution in [0, 0.1) is 11.2 Å². The number of nitrogens with one attached hydrogen (secondary N) is 1. The predicted molar refractivity (Wildman–Crippen MR) is 87.4 cm³/mol. The van der Waals surface area contributed by atoms with Crippen molar-refractivity contribution in [3.8, 4) is 5.75 Å². The van der Waals surface area contributed by atoms with Gasteiger partial charge < -0.3 is 10.1 Å². The van der Waals surface area contributed by atoms with Gasteiger partial charge in [-0.3, -0.25) is 4.79 Å². The molecule has 0 aliphatic rings. The average Bonchev–Trinajstić information content (AvgIpc) is 2.33. The molecule has 0 radical (unpaired) electrons. The summed E-state index contributed by atoms with van der Waals surface area (Å²) < 4.78 is 19.2. The van der Waals surface area contributed by atoms with Gasteiger partial charge in [-0.1, -0.05) is 39.8 Å². The van der Waals surface area contributed by atoms with E-state index in [4.69, 9.17) is 4.74 Å². The number of para-hydroxylation sites is 1. The normalized spacial score (nSPS) is 13.6. The van der Waals surface area contributed by atoms with E-state index in [1.807, 2.05) is 20.8 Å². The first-order valence-corrected chi connectivity index (χ1v) is 7.77. The van der Waals surface area contributed by atoms with Gasteiger partial charge in [0.1, 0.15) is 0 Å². The quantitative estimate of drug-likeness (QED) is 0.850. The number of carbonyl (C=O) groups excluding carboxylic acids is 1. The third kappa shape index (κ3) is 6.04. The molecule has 0 bridgehead atoms. The van der Waals surface area contributed by atoms with Gasteiger partial charge in [-0.05, 0) is 44.2 Å². The van der Waals surface area contributed by atoms with Crippen LogP contribution >= 0.6 is 0 Å². The summed E-state index contributed by atoms with van der Waals surface area (Å²) in [4.78, 5) is 12.4. The Bertz CT molecular complexity index is 506. The van der Waals surface area contributed by atoms with Crippen LogP contribution in [0.1, 0.15) is 54.4 Å². The SMILES string of the molecule is CC[C@@H](Oc1ccccc1F)C(=O)NC(C)(C)CC(C)(C)C. The second-order valence-corrected chi connectivity index (χ2v) is 7.56. The molecule has 1 N–H and O–H groups in total. The van der Waals surface area contributed by atoms with Gasteiger partial charge in [0.25, 0.3) is 5.91 Å². The van der Waals surface area contributed by atoms with Crippen molar-refractivity contribution in [3.05, 3.63) is 30.1 Å². The topological polar surface area (TPSA) is 38.3 Å². The highest BCUT2D eigenvalue weighted by molar-refractivity contribution is 5.81. The largest absolute Gasteiger partial charge is 0.478 e. The zero-order valence-electron chi connectivity index (χ0n) is 14.5. The van der Waals surface area contributed by atoms with Gasteiger partial charge in [0.2, 0.25) is 0 Å². The first kappa shape index (κ1) is 18.5. The molecule has 0 heterocycles. The van der Waals surface area contributed by atoms with Crippen molar-refractivity contribution < 1.29 is 13.9 Å². The molecule has 0 aromatic heterocycles. The van der Waals surface area contributed by atoms with E-state index in [1.165, 1.54) is 12.1 Å². The van der Waals surface area contributed by atoms with Crippen molar-refractivity contribution in [2.45, 2.75) is 66.0 Å². The second-order valence-electron chi connectivity index (χ2n) is 7.56. The highest BCUT2D eigenvalue weighted by atomic mass is 19.1. The molecule has 124 valence electrons. The lowest BCUT2D eigenvalue weighted by atomic mass is 9.81. The standard InChI is InChI=1S/C18H28FNO2/c1-7-14(22-15-11-9-8-10-13(15)19)16(21)20-18(5,6)12-17(2,3)4/h8-11,14H,7,12H2,1-6H3,(H,20,21)/t14-/m1/s1. The Balaban J connectivity index is 2.75. The monoisotopic (exact) mass is 309 g/mol. The molecule has 0 saturated heterocycles. The first-order chi connectivity index (χ1) is 10.0. The van der Waals surface area contributed by atoms with Gasteiger partial charge >= 0.3 is 0 Å². The minimum absolute atomic E-state index is 0.102. The fourth-order valence-corrected chi connectivity index (χ4v) is 2.80. The van der Waals surface area contributed by atoms with E-state index in [-0.39, 0.29) is 22.6 Å². The molecule has 1 aromatic carbocycles. The van der Waals surface area contributed by atoms with Crippen molar-refractivity contribution in [2.75, 3.05) is 0 Å². The molecule has 0 unspecified atom stereocenters. The molecular weight excluding hydrogens is 281 g/mol. The van der Waals surface area contributed by atoms with Crippen LogP contribution in [0.15, 0.2) is 24.3 Å². The summed E-state index contributed by atoms with van der Waals surface area (Å²) in [6.45, 7) is 12.2. The Morgan fingerprint density at radius 2 is 1.82 bits per heavy atom. The molecule has 0 spiro atoms. The minimum Gasteiger partial charge on any atom is -0.478 e. The molecule has 0 fully saturated rings. The maximum atomic E-state index is 13.7. The Labute approximate surface area is 133 Å². The van der Waals surface area contributed by atoms with Crippen LogP contribution in [0.25, 0.3) is 0 Å². The number of halogens is 1. The fraction of sp³-hybridized carbons (Fsp3) is 0.611. The Morgan fingerprint density at radius 3 is 2.32 bits per heavy atom. The molecule has 3 nitrogen and oxygen atoms in total. The van der Waals surface area contributed by atoms with E-state index in [0.717, 1.165) is 6.42 Å². The van der Waals surface area contributed by atoms with Crippen LogP contribution in [-0.4, -0.2) is 17.6 Å². The average molecular weight is 309 g/mol. The van der Waals surface area contributed by atoms with E-state index >= 15 is 0 Å². The van der Waals surface area contributed by atoms with E-state index in [9.17, 15) is 9.18 Å². The molecule has 1 aromatic rings. The van der Waals surface area contributed by atoms with Gasteiger partial charge in [-0.25, -0.2) is 4.39 Å². The molecular formula is C18H28FNO2. The third-order valence-corrected chi connectivity index (χ3v) is 3.20. The summed E-state index contributed by atoms with van der Waals surface area (Å²) >= 11 is 0. The van der Waals surface area contributed by atoms with Crippen molar-refractivity contribution in [3.63, 3.8) is 0 Å². The molecule has 1 amide bonds. The number of carbonyl (C=O) groups is 1. The second kappa shape index (κ2) is 7.12. The zero-order valence-corrected chi connectivity index (χ0v) is 14.5. The minimum atomic E-state index is -0.698. The van der Waals surface area contributed by atoms with E-state index < -0.39 is 11.9 Å². The van der Waals surface area contributed by atoms with Crippen molar-refractivity contribution in [2.24, 2.45) is 5.41 Å². The van der Waals surface area contributed by atoms with Crippen LogP contribution in [0.2, 0.25) is 0 Å². The summed E-state index contributed by atoms with van der Waals surface area (Å²) in [7, 11) is 0. The maximum Gasteiger partial charge on any atom is 0.261 e. The molecule has 1 atom stereocenters. The lowest BCUT2D eigenvalue weighted by Crippen LogP contribution is -2.50. The Hall–Kier alpha value is -1.58. The summed E-state index contributed by atoms with van der Waals surface area (Å²) in [6, 6.07) is 6.14. The van der Waals surface area contributed by atoms with Gasteiger partial charge in [0, 0.05) is 5.54 Å². The van der Waals surface area contributed by atoms with Crippen molar-refractivity contribution in [1.82, 2.24) is 5.32 Å². The third-order valence-electron chi connectivity index (χ3n) is 3.20. The Morgan fingerprint density at radius 1 is 1.23 bits per heavy atom. The van der Waals surface area contributed by atoms with E-state index in [1.54, 1.807) is 12.1 Å². The van der Waals surface area contributed by atoms with Crippen LogP contribution in [-0.2, 0) is 4.79 Å². The van der Waals surface area contributed by atoms with Gasteiger partial charge in [-0.2, -0.15) is 0 Å². The van der Waals surface area contributed by atoms with Crippen LogP contribution in [0.4, 0.5) is 4.39 Å². The summed E-state index contributed by atoms with van der Waals surface area (Å²) in [6.07, 6.45) is 0.615. The number of hydrogen-bond donors (Lipinski definition) is 1. The molecule has 4 heteroatoms. The van der Waals surface area contributed by atoms with Crippen molar-refractivity contribution >= 4 is 5.91 Å². The molecule has 0 aliphatic heterocycles. The lowest BCUT2D eigenvalue weighted by Gasteiger charge is -2.34. The number of amides is 1. The van der Waals surface area contributed by atoms with Gasteiger partial charge in [0.05, 0.1) is 0 Å². The van der Waals surface area contributed by atoms with Crippen LogP contribution in [0.5, 0.6) is 5.75 Å². The number of hydrogen-bond acceptors (Lipinski definition) is 2. The smallest absolute Gasteiger partial charge is 0.261 e. The van der Waals surface area contributed by atoms with E-state index in [2.05, 4.69) is 26.1 Å². The Kier molecular flexibility index (Phi) is 5.98. The molecule has 1 rings (SSSR count). The molecule has 22 heavy (non-hydrogen) atoms. The number of ether oxygens (including phenoxy) is 1. The van der Waals surface area contributed by atoms with E-state index in [0.29, 0.717) is 6.42 Å². The molecule has 0 saturated carbocycles. The maximum absolute atomic E-state index is 13.7. The highest BCUT2D eigenvalue weighted by Gasteiger charge is 2.30. The van der Waals surface area contributed by atoms with Crippen LogP contribution in [0.3, 0.4) is 0 Å². The van der Waals surface area contributed by atoms with Crippen molar-refractivity contribution in [1.29, 1.82) is 0 Å². The fourth-order valence-electron chi connectivity index (χ4n) is 2.80. The van der Waals surface area contributed by atoms with Gasteiger partial charge in [-0.15, -0.1) is 0 Å². The number of rotatable bonds is 6. The first-order valence-electron chi connectivity index (χ1n) is 7.77. The highest BCUT2D eigenvalue weighted by Crippen LogP contribution is 2.27. The summed E-state index contributed by atoms with van der Waals surface area (Å²) in [5.41, 5.74) is -0.244. The van der Waals surface area contributed by atoms with Crippen LogP contribution < -0.4 is 10.1 Å².